The minimum Gasteiger partial charge on any atom is -0.493 e. The summed E-state index contributed by atoms with van der Waals surface area (Å²) in [5, 5.41) is 0. The van der Waals surface area contributed by atoms with Crippen molar-refractivity contribution in [2.24, 2.45) is 0 Å². The minimum absolute atomic E-state index is 0.427. The zero-order valence-corrected chi connectivity index (χ0v) is 8.04. The molecule has 0 atom stereocenters. The number of methoxy groups -OCH3 is 1. The molecule has 1 aliphatic rings. The predicted molar refractivity (Wildman–Crippen MR) is 51.4 cm³/mol. The highest BCUT2D eigenvalue weighted by Gasteiger charge is 2.24. The van der Waals surface area contributed by atoms with E-state index >= 15 is 0 Å². The lowest BCUT2D eigenvalue weighted by molar-refractivity contribution is 0.282. The molecule has 0 spiro atoms. The van der Waals surface area contributed by atoms with Crippen molar-refractivity contribution in [2.75, 3.05) is 7.11 Å². The molecule has 0 heterocycles. The first-order chi connectivity index (χ1) is 6.29. The number of benzene rings is 1. The molecular formula is C11H14O2. The molecule has 70 valence electrons. The van der Waals surface area contributed by atoms with Gasteiger partial charge in [0, 0.05) is 0 Å². The maximum Gasteiger partial charge on any atom is 0.161 e. The molecule has 0 aliphatic heterocycles. The Balaban J connectivity index is 2.21. The molecule has 0 N–H and O–H groups in total. The lowest BCUT2D eigenvalue weighted by Gasteiger charge is -2.09. The quantitative estimate of drug-likeness (QED) is 0.708. The van der Waals surface area contributed by atoms with E-state index in [1.54, 1.807) is 7.11 Å². The summed E-state index contributed by atoms with van der Waals surface area (Å²) in [4.78, 5) is 0. The Hall–Kier alpha value is -1.18. The highest BCUT2D eigenvalue weighted by atomic mass is 16.5. The summed E-state index contributed by atoms with van der Waals surface area (Å²) in [5.74, 6) is 1.71. The van der Waals surface area contributed by atoms with Gasteiger partial charge in [-0.05, 0) is 37.5 Å². The van der Waals surface area contributed by atoms with E-state index in [0.717, 1.165) is 11.5 Å². The topological polar surface area (TPSA) is 18.5 Å². The summed E-state index contributed by atoms with van der Waals surface area (Å²) in [5.41, 5.74) is 1.19. The molecule has 0 aromatic heterocycles. The van der Waals surface area contributed by atoms with Gasteiger partial charge in [-0.2, -0.15) is 0 Å². The molecular weight excluding hydrogens is 164 g/mol. The second kappa shape index (κ2) is 3.29. The SMILES string of the molecule is COc1cc(C)ccc1OC1CC1. The molecule has 1 saturated carbocycles. The largest absolute Gasteiger partial charge is 0.493 e. The molecule has 0 unspecified atom stereocenters. The molecule has 13 heavy (non-hydrogen) atoms. The highest BCUT2D eigenvalue weighted by Crippen LogP contribution is 2.33. The van der Waals surface area contributed by atoms with Crippen LogP contribution in [0, 0.1) is 6.92 Å². The van der Waals surface area contributed by atoms with E-state index in [0.29, 0.717) is 6.10 Å². The van der Waals surface area contributed by atoms with Crippen molar-refractivity contribution in [3.8, 4) is 11.5 Å². The standard InChI is InChI=1S/C11H14O2/c1-8-3-6-10(11(7-8)12-2)13-9-4-5-9/h3,6-7,9H,4-5H2,1-2H3. The maximum absolute atomic E-state index is 5.68. The van der Waals surface area contributed by atoms with Crippen molar-refractivity contribution in [1.29, 1.82) is 0 Å². The molecule has 0 bridgehead atoms. The first-order valence-electron chi connectivity index (χ1n) is 4.61. The molecule has 2 nitrogen and oxygen atoms in total. The summed E-state index contributed by atoms with van der Waals surface area (Å²) in [6.07, 6.45) is 2.78. The number of ether oxygens (including phenoxy) is 2. The Kier molecular flexibility index (Phi) is 2.13. The van der Waals surface area contributed by atoms with Crippen molar-refractivity contribution in [3.63, 3.8) is 0 Å². The van der Waals surface area contributed by atoms with E-state index in [-0.39, 0.29) is 0 Å². The number of rotatable bonds is 3. The van der Waals surface area contributed by atoms with Crippen molar-refractivity contribution in [3.05, 3.63) is 23.8 Å². The second-order valence-corrected chi connectivity index (χ2v) is 3.47. The van der Waals surface area contributed by atoms with Crippen LogP contribution in [0.5, 0.6) is 11.5 Å². The Labute approximate surface area is 78.5 Å². The fraction of sp³-hybridized carbons (Fsp3) is 0.455. The number of aryl methyl sites for hydroxylation is 1. The van der Waals surface area contributed by atoms with Crippen LogP contribution in [-0.2, 0) is 0 Å². The van der Waals surface area contributed by atoms with Gasteiger partial charge >= 0.3 is 0 Å². The van der Waals surface area contributed by atoms with Crippen LogP contribution >= 0.6 is 0 Å². The van der Waals surface area contributed by atoms with Gasteiger partial charge in [-0.15, -0.1) is 0 Å². The minimum atomic E-state index is 0.427. The molecule has 2 rings (SSSR count). The second-order valence-electron chi connectivity index (χ2n) is 3.47. The van der Waals surface area contributed by atoms with E-state index < -0.39 is 0 Å². The average molecular weight is 178 g/mol. The maximum atomic E-state index is 5.68. The Morgan fingerprint density at radius 1 is 1.23 bits per heavy atom. The van der Waals surface area contributed by atoms with Gasteiger partial charge in [0.05, 0.1) is 13.2 Å². The van der Waals surface area contributed by atoms with Crippen LogP contribution in [0.2, 0.25) is 0 Å². The van der Waals surface area contributed by atoms with Gasteiger partial charge in [0.25, 0.3) is 0 Å². The zero-order valence-electron chi connectivity index (χ0n) is 8.04. The van der Waals surface area contributed by atoms with E-state index in [2.05, 4.69) is 0 Å². The lowest BCUT2D eigenvalue weighted by Crippen LogP contribution is -1.98. The fourth-order valence-electron chi connectivity index (χ4n) is 1.24. The number of hydrogen-bond acceptors (Lipinski definition) is 2. The first-order valence-corrected chi connectivity index (χ1v) is 4.61. The molecule has 1 fully saturated rings. The lowest BCUT2D eigenvalue weighted by atomic mass is 10.2. The average Bonchev–Trinajstić information content (AvgIpc) is 2.92. The molecule has 1 aromatic carbocycles. The normalized spacial score (nSPS) is 15.5. The van der Waals surface area contributed by atoms with Crippen LogP contribution in [0.4, 0.5) is 0 Å². The van der Waals surface area contributed by atoms with Crippen LogP contribution in [-0.4, -0.2) is 13.2 Å². The molecule has 1 aliphatic carbocycles. The van der Waals surface area contributed by atoms with Gasteiger partial charge in [-0.25, -0.2) is 0 Å². The van der Waals surface area contributed by atoms with Crippen LogP contribution in [0.1, 0.15) is 18.4 Å². The van der Waals surface area contributed by atoms with Gasteiger partial charge in [0.2, 0.25) is 0 Å². The van der Waals surface area contributed by atoms with Crippen LogP contribution in [0.3, 0.4) is 0 Å². The Morgan fingerprint density at radius 2 is 2.00 bits per heavy atom. The highest BCUT2D eigenvalue weighted by molar-refractivity contribution is 5.42. The van der Waals surface area contributed by atoms with Gasteiger partial charge in [0.15, 0.2) is 11.5 Å². The third-order valence-electron chi connectivity index (χ3n) is 2.14. The summed E-state index contributed by atoms with van der Waals surface area (Å²) < 4.78 is 10.9. The molecule has 0 saturated heterocycles. The van der Waals surface area contributed by atoms with Gasteiger partial charge in [0.1, 0.15) is 0 Å². The Morgan fingerprint density at radius 3 is 2.62 bits per heavy atom. The third-order valence-corrected chi connectivity index (χ3v) is 2.14. The smallest absolute Gasteiger partial charge is 0.161 e. The van der Waals surface area contributed by atoms with Crippen molar-refractivity contribution in [2.45, 2.75) is 25.9 Å². The van der Waals surface area contributed by atoms with Crippen LogP contribution in [0.25, 0.3) is 0 Å². The molecule has 1 aromatic rings. The molecule has 2 heteroatoms. The van der Waals surface area contributed by atoms with E-state index in [9.17, 15) is 0 Å². The Bertz CT molecular complexity index is 303. The van der Waals surface area contributed by atoms with E-state index in [1.807, 2.05) is 25.1 Å². The monoisotopic (exact) mass is 178 g/mol. The van der Waals surface area contributed by atoms with E-state index in [1.165, 1.54) is 18.4 Å². The summed E-state index contributed by atoms with van der Waals surface area (Å²) in [7, 11) is 1.68. The van der Waals surface area contributed by atoms with Crippen molar-refractivity contribution in [1.82, 2.24) is 0 Å². The summed E-state index contributed by atoms with van der Waals surface area (Å²) >= 11 is 0. The zero-order chi connectivity index (χ0) is 9.26. The van der Waals surface area contributed by atoms with E-state index in [4.69, 9.17) is 9.47 Å². The summed E-state index contributed by atoms with van der Waals surface area (Å²) in [6, 6.07) is 6.02. The molecule has 0 radical (unpaired) electrons. The van der Waals surface area contributed by atoms with Crippen molar-refractivity contribution < 1.29 is 9.47 Å². The van der Waals surface area contributed by atoms with Crippen molar-refractivity contribution >= 4 is 0 Å². The van der Waals surface area contributed by atoms with Gasteiger partial charge in [-0.1, -0.05) is 6.07 Å². The summed E-state index contributed by atoms with van der Waals surface area (Å²) in [6.45, 7) is 2.05. The molecule has 0 amide bonds. The fourth-order valence-corrected chi connectivity index (χ4v) is 1.24. The first kappa shape index (κ1) is 8.42. The number of hydrogen-bond donors (Lipinski definition) is 0. The van der Waals surface area contributed by atoms with Gasteiger partial charge in [-0.3, -0.25) is 0 Å². The predicted octanol–water partition coefficient (Wildman–Crippen LogP) is 2.54. The van der Waals surface area contributed by atoms with Gasteiger partial charge < -0.3 is 9.47 Å². The van der Waals surface area contributed by atoms with Crippen LogP contribution in [0.15, 0.2) is 18.2 Å². The van der Waals surface area contributed by atoms with Crippen LogP contribution < -0.4 is 9.47 Å². The third kappa shape index (κ3) is 1.94.